The molecule has 0 spiro atoms. The van der Waals surface area contributed by atoms with Gasteiger partial charge in [-0.25, -0.2) is 4.79 Å². The van der Waals surface area contributed by atoms with Crippen LogP contribution in [-0.2, 0) is 9.53 Å². The molecule has 0 aromatic carbocycles. The first-order chi connectivity index (χ1) is 7.47. The highest BCUT2D eigenvalue weighted by Gasteiger charge is 2.18. The zero-order chi connectivity index (χ0) is 12.6. The molecule has 1 atom stereocenters. The van der Waals surface area contributed by atoms with Gasteiger partial charge in [-0.3, -0.25) is 4.79 Å². The van der Waals surface area contributed by atoms with Crippen molar-refractivity contribution in [1.82, 2.24) is 10.6 Å². The van der Waals surface area contributed by atoms with Crippen LogP contribution in [0.5, 0.6) is 0 Å². The number of carboxylic acids is 1. The number of rotatable bonds is 7. The van der Waals surface area contributed by atoms with Crippen molar-refractivity contribution in [3.63, 3.8) is 0 Å². The normalized spacial score (nSPS) is 12.2. The van der Waals surface area contributed by atoms with E-state index < -0.39 is 5.97 Å². The predicted molar refractivity (Wildman–Crippen MR) is 59.3 cm³/mol. The first-order valence-electron chi connectivity index (χ1n) is 5.22. The lowest BCUT2D eigenvalue weighted by Crippen LogP contribution is -2.46. The molecule has 0 aliphatic carbocycles. The summed E-state index contributed by atoms with van der Waals surface area (Å²) in [5.74, 6) is -0.847. The van der Waals surface area contributed by atoms with Gasteiger partial charge in [0, 0.05) is 19.7 Å². The van der Waals surface area contributed by atoms with Crippen molar-refractivity contribution >= 4 is 12.0 Å². The third-order valence-corrected chi connectivity index (χ3v) is 2.11. The zero-order valence-electron chi connectivity index (χ0n) is 9.95. The molecule has 16 heavy (non-hydrogen) atoms. The van der Waals surface area contributed by atoms with Gasteiger partial charge in [0.2, 0.25) is 0 Å². The van der Waals surface area contributed by atoms with E-state index in [1.54, 1.807) is 7.11 Å². The fourth-order valence-corrected chi connectivity index (χ4v) is 1.13. The maximum atomic E-state index is 11.3. The molecule has 0 aliphatic rings. The van der Waals surface area contributed by atoms with Crippen LogP contribution in [0, 0.1) is 5.92 Å². The predicted octanol–water partition coefficient (Wildman–Crippen LogP) is 0.431. The SMILES string of the molecule is COCCNC(=O)NC(CC(=O)O)C(C)C. The molecule has 0 aromatic rings. The second-order valence-corrected chi connectivity index (χ2v) is 3.84. The quantitative estimate of drug-likeness (QED) is 0.555. The number of methoxy groups -OCH3 is 1. The Labute approximate surface area is 95.4 Å². The van der Waals surface area contributed by atoms with Crippen molar-refractivity contribution in [3.8, 4) is 0 Å². The molecule has 0 fully saturated rings. The van der Waals surface area contributed by atoms with Crippen molar-refractivity contribution in [2.45, 2.75) is 26.3 Å². The smallest absolute Gasteiger partial charge is 0.315 e. The molecule has 3 N–H and O–H groups in total. The summed E-state index contributed by atoms with van der Waals surface area (Å²) in [6, 6.07) is -0.725. The topological polar surface area (TPSA) is 87.7 Å². The highest BCUT2D eigenvalue weighted by Crippen LogP contribution is 2.05. The third kappa shape index (κ3) is 7.05. The summed E-state index contributed by atoms with van der Waals surface area (Å²) < 4.78 is 4.77. The summed E-state index contributed by atoms with van der Waals surface area (Å²) in [6.07, 6.45) is -0.0740. The van der Waals surface area contributed by atoms with Crippen LogP contribution in [0.4, 0.5) is 4.79 Å². The molecule has 0 bridgehead atoms. The van der Waals surface area contributed by atoms with Gasteiger partial charge in [0.15, 0.2) is 0 Å². The maximum Gasteiger partial charge on any atom is 0.315 e. The molecule has 6 nitrogen and oxygen atoms in total. The largest absolute Gasteiger partial charge is 0.481 e. The Morgan fingerprint density at radius 3 is 2.44 bits per heavy atom. The number of urea groups is 1. The molecule has 0 aromatic heterocycles. The van der Waals surface area contributed by atoms with Crippen molar-refractivity contribution in [1.29, 1.82) is 0 Å². The standard InChI is InChI=1S/C10H20N2O4/c1-7(2)8(6-9(13)14)12-10(15)11-4-5-16-3/h7-8H,4-6H2,1-3H3,(H,13,14)(H2,11,12,15). The minimum absolute atomic E-state index is 0.0734. The van der Waals surface area contributed by atoms with E-state index in [4.69, 9.17) is 9.84 Å². The number of aliphatic carboxylic acids is 1. The number of ether oxygens (including phenoxy) is 1. The molecule has 1 unspecified atom stereocenters. The molecule has 0 aliphatic heterocycles. The number of nitrogens with one attached hydrogen (secondary N) is 2. The molecular weight excluding hydrogens is 212 g/mol. The summed E-state index contributed by atoms with van der Waals surface area (Å²) in [5.41, 5.74) is 0. The fraction of sp³-hybridized carbons (Fsp3) is 0.800. The van der Waals surface area contributed by atoms with Crippen molar-refractivity contribution < 1.29 is 19.4 Å². The number of hydrogen-bond donors (Lipinski definition) is 3. The van der Waals surface area contributed by atoms with E-state index in [-0.39, 0.29) is 24.4 Å². The number of hydrogen-bond acceptors (Lipinski definition) is 3. The van der Waals surface area contributed by atoms with Gasteiger partial charge in [-0.15, -0.1) is 0 Å². The summed E-state index contributed by atoms with van der Waals surface area (Å²) in [6.45, 7) is 4.56. The Balaban J connectivity index is 3.98. The Hall–Kier alpha value is -1.30. The number of amides is 2. The van der Waals surface area contributed by atoms with Crippen LogP contribution in [0.1, 0.15) is 20.3 Å². The molecule has 94 valence electrons. The van der Waals surface area contributed by atoms with Gasteiger partial charge in [-0.05, 0) is 5.92 Å². The van der Waals surface area contributed by atoms with Gasteiger partial charge in [-0.2, -0.15) is 0 Å². The second-order valence-electron chi connectivity index (χ2n) is 3.84. The molecule has 0 rings (SSSR count). The Morgan fingerprint density at radius 2 is 2.00 bits per heavy atom. The summed E-state index contributed by atoms with van der Waals surface area (Å²) in [5, 5.41) is 13.9. The average Bonchev–Trinajstić information content (AvgIpc) is 2.16. The van der Waals surface area contributed by atoms with Crippen LogP contribution in [0.25, 0.3) is 0 Å². The Kier molecular flexibility index (Phi) is 7.28. The van der Waals surface area contributed by atoms with Crippen LogP contribution in [0.15, 0.2) is 0 Å². The minimum Gasteiger partial charge on any atom is -0.481 e. The summed E-state index contributed by atoms with van der Waals surface area (Å²) in [4.78, 5) is 21.9. The van der Waals surface area contributed by atoms with Gasteiger partial charge in [0.25, 0.3) is 0 Å². The first-order valence-corrected chi connectivity index (χ1v) is 5.22. The van der Waals surface area contributed by atoms with Crippen molar-refractivity contribution in [2.24, 2.45) is 5.92 Å². The molecule has 2 amide bonds. The lowest BCUT2D eigenvalue weighted by Gasteiger charge is -2.20. The second kappa shape index (κ2) is 7.92. The lowest BCUT2D eigenvalue weighted by atomic mass is 10.0. The van der Waals surface area contributed by atoms with E-state index in [1.165, 1.54) is 0 Å². The minimum atomic E-state index is -0.920. The summed E-state index contributed by atoms with van der Waals surface area (Å²) in [7, 11) is 1.54. The number of carbonyl (C=O) groups is 2. The summed E-state index contributed by atoms with van der Waals surface area (Å²) >= 11 is 0. The third-order valence-electron chi connectivity index (χ3n) is 2.11. The van der Waals surface area contributed by atoms with Gasteiger partial charge in [0.1, 0.15) is 0 Å². The average molecular weight is 232 g/mol. The van der Waals surface area contributed by atoms with E-state index in [2.05, 4.69) is 10.6 Å². The lowest BCUT2D eigenvalue weighted by molar-refractivity contribution is -0.137. The number of carboxylic acid groups (broad SMARTS) is 1. The van der Waals surface area contributed by atoms with E-state index in [0.29, 0.717) is 13.2 Å². The first kappa shape index (κ1) is 14.7. The molecule has 0 saturated carbocycles. The van der Waals surface area contributed by atoms with Crippen LogP contribution >= 0.6 is 0 Å². The highest BCUT2D eigenvalue weighted by molar-refractivity contribution is 5.75. The molecule has 0 saturated heterocycles. The van der Waals surface area contributed by atoms with E-state index in [1.807, 2.05) is 13.8 Å². The van der Waals surface area contributed by atoms with Crippen LogP contribution < -0.4 is 10.6 Å². The number of carbonyl (C=O) groups excluding carboxylic acids is 1. The van der Waals surface area contributed by atoms with E-state index >= 15 is 0 Å². The van der Waals surface area contributed by atoms with Crippen LogP contribution in [0.2, 0.25) is 0 Å². The van der Waals surface area contributed by atoms with E-state index in [9.17, 15) is 9.59 Å². The molecule has 6 heteroatoms. The van der Waals surface area contributed by atoms with Gasteiger partial charge in [0.05, 0.1) is 13.0 Å². The van der Waals surface area contributed by atoms with Crippen molar-refractivity contribution in [3.05, 3.63) is 0 Å². The van der Waals surface area contributed by atoms with Gasteiger partial charge < -0.3 is 20.5 Å². The van der Waals surface area contributed by atoms with Crippen molar-refractivity contribution in [2.75, 3.05) is 20.3 Å². The molecular formula is C10H20N2O4. The maximum absolute atomic E-state index is 11.3. The van der Waals surface area contributed by atoms with Crippen LogP contribution in [0.3, 0.4) is 0 Å². The fourth-order valence-electron chi connectivity index (χ4n) is 1.13. The molecule has 0 heterocycles. The zero-order valence-corrected chi connectivity index (χ0v) is 9.95. The molecule has 0 radical (unpaired) electrons. The Bertz CT molecular complexity index is 231. The van der Waals surface area contributed by atoms with Gasteiger partial charge in [-0.1, -0.05) is 13.8 Å². The van der Waals surface area contributed by atoms with Crippen LogP contribution in [-0.4, -0.2) is 43.4 Å². The van der Waals surface area contributed by atoms with Gasteiger partial charge >= 0.3 is 12.0 Å². The van der Waals surface area contributed by atoms with E-state index in [0.717, 1.165) is 0 Å². The highest BCUT2D eigenvalue weighted by atomic mass is 16.5. The Morgan fingerprint density at radius 1 is 1.38 bits per heavy atom. The monoisotopic (exact) mass is 232 g/mol.